The summed E-state index contributed by atoms with van der Waals surface area (Å²) >= 11 is 0. The van der Waals surface area contributed by atoms with E-state index in [2.05, 4.69) is 123 Å². The molecule has 2 atom stereocenters. The number of carboxylic acids is 1. The van der Waals surface area contributed by atoms with Crippen molar-refractivity contribution in [3.63, 3.8) is 0 Å². The zero-order valence-corrected chi connectivity index (χ0v) is 55.7. The first-order valence-electron chi connectivity index (χ1n) is 35.0. The second-order valence-electron chi connectivity index (χ2n) is 24.4. The molecule has 0 aliphatic heterocycles. The summed E-state index contributed by atoms with van der Waals surface area (Å²) in [5.74, 6) is -2.34. The first kappa shape index (κ1) is 81.0. The van der Waals surface area contributed by atoms with Gasteiger partial charge < -0.3 is 33.3 Å². The van der Waals surface area contributed by atoms with Gasteiger partial charge in [0.25, 0.3) is 0 Å². The van der Waals surface area contributed by atoms with Crippen LogP contribution in [0.15, 0.2) is 109 Å². The molecular weight excluding hydrogens is 1050 g/mol. The number of nitrogens with zero attached hydrogens (tertiary/aromatic N) is 1. The number of allylic oxidation sites excluding steroid dienone is 18. The largest absolute Gasteiger partial charge is 0.545 e. The molecule has 0 aliphatic rings. The van der Waals surface area contributed by atoms with Crippen molar-refractivity contribution in [2.75, 3.05) is 47.5 Å². The zero-order valence-electron chi connectivity index (χ0n) is 55.7. The lowest BCUT2D eigenvalue weighted by Crippen LogP contribution is -2.44. The minimum Gasteiger partial charge on any atom is -0.545 e. The van der Waals surface area contributed by atoms with E-state index in [9.17, 15) is 19.5 Å². The van der Waals surface area contributed by atoms with E-state index in [1.807, 2.05) is 21.1 Å². The summed E-state index contributed by atoms with van der Waals surface area (Å²) in [5, 5.41) is 11.8. The maximum absolute atomic E-state index is 12.9. The van der Waals surface area contributed by atoms with Gasteiger partial charge in [-0.05, 0) is 103 Å². The highest BCUT2D eigenvalue weighted by atomic mass is 16.7. The molecule has 0 heterocycles. The molecule has 0 saturated heterocycles. The number of hydrogen-bond donors (Lipinski definition) is 0. The molecule has 488 valence electrons. The van der Waals surface area contributed by atoms with Crippen molar-refractivity contribution in [3.05, 3.63) is 109 Å². The number of esters is 2. The lowest BCUT2D eigenvalue weighted by Gasteiger charge is -2.26. The summed E-state index contributed by atoms with van der Waals surface area (Å²) in [6.45, 7) is 4.58. The molecule has 0 amide bonds. The standard InChI is InChI=1S/C76H131NO8/c1-6-8-10-12-14-16-18-20-22-24-26-28-29-30-31-32-33-34-35-36-37-38-39-40-41-42-43-44-45-47-48-50-52-54-56-58-60-62-64-66-73(78)83-70-72(71-84-76(75(80)81)82-69-68-77(3,4)5)85-74(79)67-65-63-61-59-57-55-53-51-49-46-27-25-23-21-19-17-15-13-11-9-7-2/h9,11,15,17-18,20-21,23-24,26-27,29-30,46,51,53,57,59,72,76H,6-8,10,12-14,16,19,22,25,28,31-45,47-50,52,54-56,58,60-71H2,1-5H3/b11-9-,17-15-,20-18-,23-21-,26-24-,30-29-,46-27-,53-51-,59-57-. The van der Waals surface area contributed by atoms with Crippen molar-refractivity contribution < 1.29 is 42.9 Å². The molecule has 9 nitrogen and oxygen atoms in total. The van der Waals surface area contributed by atoms with Crippen molar-refractivity contribution in [1.29, 1.82) is 0 Å². The zero-order chi connectivity index (χ0) is 61.9. The van der Waals surface area contributed by atoms with Crippen LogP contribution in [0.2, 0.25) is 0 Å². The van der Waals surface area contributed by atoms with E-state index in [1.54, 1.807) is 0 Å². The summed E-state index contributed by atoms with van der Waals surface area (Å²) in [6.07, 6.45) is 89.1. The Morgan fingerprint density at radius 1 is 0.365 bits per heavy atom. The molecule has 0 aromatic heterocycles. The number of likely N-dealkylation sites (N-methyl/N-ethyl adjacent to an activating group) is 1. The highest BCUT2D eigenvalue weighted by molar-refractivity contribution is 5.70. The molecule has 9 heteroatoms. The van der Waals surface area contributed by atoms with Crippen LogP contribution in [0.1, 0.15) is 296 Å². The van der Waals surface area contributed by atoms with Crippen LogP contribution in [-0.2, 0) is 33.3 Å². The van der Waals surface area contributed by atoms with E-state index in [0.717, 1.165) is 83.5 Å². The Bertz CT molecular complexity index is 1760. The Morgan fingerprint density at radius 3 is 1.02 bits per heavy atom. The summed E-state index contributed by atoms with van der Waals surface area (Å²) in [4.78, 5) is 37.4. The first-order chi connectivity index (χ1) is 41.6. The molecule has 0 N–H and O–H groups in total. The molecule has 0 rings (SSSR count). The number of carbonyl (C=O) groups excluding carboxylic acids is 3. The summed E-state index contributed by atoms with van der Waals surface area (Å²) < 4.78 is 22.7. The summed E-state index contributed by atoms with van der Waals surface area (Å²) in [7, 11) is 5.91. The van der Waals surface area contributed by atoms with Crippen LogP contribution >= 0.6 is 0 Å². The molecule has 2 unspecified atom stereocenters. The van der Waals surface area contributed by atoms with Gasteiger partial charge in [0.2, 0.25) is 0 Å². The Kier molecular flexibility index (Phi) is 62.8. The van der Waals surface area contributed by atoms with Gasteiger partial charge in [-0.2, -0.15) is 0 Å². The Hall–Kier alpha value is -4.05. The maximum atomic E-state index is 12.9. The fourth-order valence-corrected chi connectivity index (χ4v) is 9.67. The third kappa shape index (κ3) is 67.3. The van der Waals surface area contributed by atoms with Crippen molar-refractivity contribution in [2.45, 2.75) is 309 Å². The quantitative estimate of drug-likeness (QED) is 0.0195. The maximum Gasteiger partial charge on any atom is 0.306 e. The van der Waals surface area contributed by atoms with Gasteiger partial charge in [0.05, 0.1) is 40.3 Å². The molecule has 85 heavy (non-hydrogen) atoms. The number of quaternary nitrogens is 1. The van der Waals surface area contributed by atoms with E-state index in [1.165, 1.54) is 180 Å². The fourth-order valence-electron chi connectivity index (χ4n) is 9.67. The molecular formula is C76H131NO8. The Balaban J connectivity index is 4.05. The Labute approximate surface area is 524 Å². The number of carbonyl (C=O) groups is 3. The van der Waals surface area contributed by atoms with Gasteiger partial charge in [-0.1, -0.05) is 290 Å². The SMILES string of the molecule is CC/C=C\C/C=C\C/C=C\C/C=C\C/C=C\C/C=C\CCCCC(=O)OC(COC(=O)CCCCCCCCCCCCCCCCCCCCCCCCCC/C=C\C/C=C\C/C=C\CCCCCCC)COC(OCC[N+](C)(C)C)C(=O)[O-]. The van der Waals surface area contributed by atoms with Gasteiger partial charge in [-0.15, -0.1) is 0 Å². The van der Waals surface area contributed by atoms with Gasteiger partial charge in [0.1, 0.15) is 13.2 Å². The average molecular weight is 1190 g/mol. The molecule has 0 bridgehead atoms. The number of hydrogen-bond acceptors (Lipinski definition) is 8. The predicted octanol–water partition coefficient (Wildman–Crippen LogP) is 20.5. The number of rotatable bonds is 64. The third-order valence-electron chi connectivity index (χ3n) is 15.0. The smallest absolute Gasteiger partial charge is 0.306 e. The van der Waals surface area contributed by atoms with Crippen LogP contribution in [0.5, 0.6) is 0 Å². The van der Waals surface area contributed by atoms with Crippen LogP contribution < -0.4 is 5.11 Å². The van der Waals surface area contributed by atoms with Crippen LogP contribution in [0.4, 0.5) is 0 Å². The third-order valence-corrected chi connectivity index (χ3v) is 15.0. The predicted molar refractivity (Wildman–Crippen MR) is 361 cm³/mol. The van der Waals surface area contributed by atoms with Crippen molar-refractivity contribution >= 4 is 17.9 Å². The van der Waals surface area contributed by atoms with E-state index in [4.69, 9.17) is 18.9 Å². The highest BCUT2D eigenvalue weighted by Crippen LogP contribution is 2.17. The minimum absolute atomic E-state index is 0.135. The second kappa shape index (κ2) is 65.9. The van der Waals surface area contributed by atoms with Crippen LogP contribution in [-0.4, -0.2) is 82.3 Å². The van der Waals surface area contributed by atoms with Crippen molar-refractivity contribution in [3.8, 4) is 0 Å². The van der Waals surface area contributed by atoms with E-state index < -0.39 is 24.3 Å². The summed E-state index contributed by atoms with van der Waals surface area (Å²) in [5.41, 5.74) is 0. The van der Waals surface area contributed by atoms with Gasteiger partial charge in [0.15, 0.2) is 12.4 Å². The minimum atomic E-state index is -1.64. The lowest BCUT2D eigenvalue weighted by atomic mass is 10.0. The molecule has 0 radical (unpaired) electrons. The fraction of sp³-hybridized carbons (Fsp3) is 0.724. The van der Waals surface area contributed by atoms with Crippen LogP contribution in [0.3, 0.4) is 0 Å². The molecule has 0 aromatic carbocycles. The first-order valence-corrected chi connectivity index (χ1v) is 35.0. The van der Waals surface area contributed by atoms with Gasteiger partial charge in [-0.3, -0.25) is 9.59 Å². The monoisotopic (exact) mass is 1190 g/mol. The highest BCUT2D eigenvalue weighted by Gasteiger charge is 2.22. The van der Waals surface area contributed by atoms with Gasteiger partial charge in [0, 0.05) is 12.8 Å². The molecule has 0 spiro atoms. The Morgan fingerprint density at radius 2 is 0.671 bits per heavy atom. The van der Waals surface area contributed by atoms with Gasteiger partial charge >= 0.3 is 11.9 Å². The topological polar surface area (TPSA) is 111 Å². The molecule has 0 aromatic rings. The number of aliphatic carboxylic acids is 1. The van der Waals surface area contributed by atoms with Crippen molar-refractivity contribution in [1.82, 2.24) is 0 Å². The number of carboxylic acid groups (broad SMARTS) is 1. The second-order valence-corrected chi connectivity index (χ2v) is 24.4. The van der Waals surface area contributed by atoms with Crippen LogP contribution in [0.25, 0.3) is 0 Å². The van der Waals surface area contributed by atoms with Gasteiger partial charge in [-0.25, -0.2) is 0 Å². The number of ether oxygens (including phenoxy) is 4. The lowest BCUT2D eigenvalue weighted by molar-refractivity contribution is -0.870. The molecule has 0 saturated carbocycles. The molecule has 0 fully saturated rings. The normalized spacial score (nSPS) is 13.4. The average Bonchev–Trinajstić information content (AvgIpc) is 3.48. The van der Waals surface area contributed by atoms with E-state index >= 15 is 0 Å². The van der Waals surface area contributed by atoms with E-state index in [0.29, 0.717) is 17.4 Å². The van der Waals surface area contributed by atoms with Crippen molar-refractivity contribution in [2.24, 2.45) is 0 Å². The summed E-state index contributed by atoms with van der Waals surface area (Å²) in [6, 6.07) is 0. The molecule has 0 aliphatic carbocycles. The number of unbranched alkanes of at least 4 members (excludes halogenated alkanes) is 31. The van der Waals surface area contributed by atoms with Crippen LogP contribution in [0, 0.1) is 0 Å². The van der Waals surface area contributed by atoms with E-state index in [-0.39, 0.29) is 38.6 Å².